The fourth-order valence-corrected chi connectivity index (χ4v) is 3.29. The molecular weight excluding hydrogens is 292 g/mol. The number of thiazole rings is 1. The Morgan fingerprint density at radius 2 is 2.30 bits per heavy atom. The average molecular weight is 304 g/mol. The van der Waals surface area contributed by atoms with Gasteiger partial charge in [0.2, 0.25) is 0 Å². The number of hydrogen-bond acceptors (Lipinski definition) is 5. The molecule has 4 nitrogen and oxygen atoms in total. The molecular formula is C14H12N2O2S2. The first-order valence-electron chi connectivity index (χ1n) is 6.06. The van der Waals surface area contributed by atoms with Crippen molar-refractivity contribution in [1.82, 2.24) is 10.3 Å². The summed E-state index contributed by atoms with van der Waals surface area (Å²) in [4.78, 5) is 16.5. The van der Waals surface area contributed by atoms with E-state index in [9.17, 15) is 4.79 Å². The monoisotopic (exact) mass is 304 g/mol. The Balaban J connectivity index is 1.72. The number of carbonyl (C=O) groups excluding carboxylic acids is 1. The molecule has 1 amide bonds. The fourth-order valence-electron chi connectivity index (χ4n) is 1.78. The third kappa shape index (κ3) is 2.66. The zero-order valence-corrected chi connectivity index (χ0v) is 12.3. The van der Waals surface area contributed by atoms with Crippen molar-refractivity contribution in [1.29, 1.82) is 0 Å². The van der Waals surface area contributed by atoms with Crippen LogP contribution in [0.3, 0.4) is 0 Å². The molecule has 0 saturated carbocycles. The number of carbonyl (C=O) groups is 1. The van der Waals surface area contributed by atoms with E-state index in [0.717, 1.165) is 16.3 Å². The number of nitrogens with one attached hydrogen (secondary N) is 1. The van der Waals surface area contributed by atoms with Crippen LogP contribution in [0, 0.1) is 0 Å². The van der Waals surface area contributed by atoms with E-state index >= 15 is 0 Å². The highest BCUT2D eigenvalue weighted by Gasteiger charge is 2.16. The summed E-state index contributed by atoms with van der Waals surface area (Å²) in [6.45, 7) is 1.88. The second-order valence-corrected chi connectivity index (χ2v) is 5.90. The quantitative estimate of drug-likeness (QED) is 0.794. The number of nitrogens with zero attached hydrogens (tertiary/aromatic N) is 1. The molecule has 0 aliphatic carbocycles. The molecule has 0 aromatic carbocycles. The van der Waals surface area contributed by atoms with Crippen LogP contribution in [-0.4, -0.2) is 10.9 Å². The standard InChI is InChI=1S/C14H12N2O2S2/c1-9(12-3-2-5-18-12)15-13(17)11-8-20-14(16-11)10-4-6-19-7-10/h2-9H,1H3,(H,15,17)/t9-/m1/s1. The Hall–Kier alpha value is -1.92. The lowest BCUT2D eigenvalue weighted by Gasteiger charge is -2.09. The maximum absolute atomic E-state index is 12.1. The summed E-state index contributed by atoms with van der Waals surface area (Å²) in [5, 5.41) is 9.52. The van der Waals surface area contributed by atoms with Crippen LogP contribution < -0.4 is 5.32 Å². The van der Waals surface area contributed by atoms with Gasteiger partial charge in [-0.25, -0.2) is 4.98 Å². The minimum atomic E-state index is -0.188. The van der Waals surface area contributed by atoms with Crippen LogP contribution in [0.25, 0.3) is 10.6 Å². The van der Waals surface area contributed by atoms with Crippen LogP contribution in [0.1, 0.15) is 29.2 Å². The van der Waals surface area contributed by atoms with Crippen molar-refractivity contribution in [3.05, 3.63) is 52.1 Å². The molecule has 3 rings (SSSR count). The molecule has 0 aliphatic rings. The van der Waals surface area contributed by atoms with Gasteiger partial charge in [-0.2, -0.15) is 11.3 Å². The topological polar surface area (TPSA) is 55.1 Å². The number of thiophene rings is 1. The van der Waals surface area contributed by atoms with E-state index in [1.165, 1.54) is 11.3 Å². The van der Waals surface area contributed by atoms with Gasteiger partial charge in [-0.05, 0) is 30.5 Å². The first-order chi connectivity index (χ1) is 9.74. The normalized spacial score (nSPS) is 12.2. The molecule has 3 aromatic rings. The molecule has 0 fully saturated rings. The highest BCUT2D eigenvalue weighted by atomic mass is 32.1. The first-order valence-corrected chi connectivity index (χ1v) is 7.88. The number of furan rings is 1. The molecule has 6 heteroatoms. The van der Waals surface area contributed by atoms with Crippen molar-refractivity contribution < 1.29 is 9.21 Å². The van der Waals surface area contributed by atoms with Gasteiger partial charge < -0.3 is 9.73 Å². The van der Waals surface area contributed by atoms with E-state index in [-0.39, 0.29) is 11.9 Å². The summed E-state index contributed by atoms with van der Waals surface area (Å²) < 4.78 is 5.27. The molecule has 102 valence electrons. The molecule has 0 radical (unpaired) electrons. The van der Waals surface area contributed by atoms with Gasteiger partial charge in [-0.15, -0.1) is 11.3 Å². The maximum atomic E-state index is 12.1. The van der Waals surface area contributed by atoms with Gasteiger partial charge in [0.1, 0.15) is 16.5 Å². The van der Waals surface area contributed by atoms with Gasteiger partial charge >= 0.3 is 0 Å². The molecule has 3 heterocycles. The van der Waals surface area contributed by atoms with Gasteiger partial charge in [0.25, 0.3) is 5.91 Å². The van der Waals surface area contributed by atoms with Crippen molar-refractivity contribution in [3.8, 4) is 10.6 Å². The Kier molecular flexibility index (Phi) is 3.66. The third-order valence-electron chi connectivity index (χ3n) is 2.82. The van der Waals surface area contributed by atoms with E-state index in [4.69, 9.17) is 4.42 Å². The van der Waals surface area contributed by atoms with E-state index in [1.807, 2.05) is 29.8 Å². The minimum absolute atomic E-state index is 0.177. The van der Waals surface area contributed by atoms with Crippen molar-refractivity contribution in [2.24, 2.45) is 0 Å². The van der Waals surface area contributed by atoms with Crippen molar-refractivity contribution in [2.45, 2.75) is 13.0 Å². The van der Waals surface area contributed by atoms with E-state index < -0.39 is 0 Å². The van der Waals surface area contributed by atoms with Crippen molar-refractivity contribution in [2.75, 3.05) is 0 Å². The van der Waals surface area contributed by atoms with Crippen LogP contribution in [-0.2, 0) is 0 Å². The predicted molar refractivity (Wildman–Crippen MR) is 80.0 cm³/mol. The molecule has 0 spiro atoms. The summed E-state index contributed by atoms with van der Waals surface area (Å²) in [6, 6.07) is 5.46. The highest BCUT2D eigenvalue weighted by Crippen LogP contribution is 2.25. The number of amides is 1. The maximum Gasteiger partial charge on any atom is 0.271 e. The van der Waals surface area contributed by atoms with Gasteiger partial charge in [-0.1, -0.05) is 0 Å². The second kappa shape index (κ2) is 5.60. The lowest BCUT2D eigenvalue weighted by Crippen LogP contribution is -2.26. The van der Waals surface area contributed by atoms with Crippen LogP contribution in [0.4, 0.5) is 0 Å². The lowest BCUT2D eigenvalue weighted by molar-refractivity contribution is 0.0931. The van der Waals surface area contributed by atoms with Gasteiger partial charge in [0, 0.05) is 16.3 Å². The van der Waals surface area contributed by atoms with Crippen LogP contribution in [0.5, 0.6) is 0 Å². The summed E-state index contributed by atoms with van der Waals surface area (Å²) in [5.41, 5.74) is 1.49. The van der Waals surface area contributed by atoms with E-state index in [1.54, 1.807) is 29.0 Å². The summed E-state index contributed by atoms with van der Waals surface area (Å²) in [5.74, 6) is 0.540. The van der Waals surface area contributed by atoms with E-state index in [2.05, 4.69) is 10.3 Å². The van der Waals surface area contributed by atoms with E-state index in [0.29, 0.717) is 5.69 Å². The van der Waals surface area contributed by atoms with Crippen molar-refractivity contribution in [3.63, 3.8) is 0 Å². The van der Waals surface area contributed by atoms with Crippen LogP contribution in [0.15, 0.2) is 45.0 Å². The molecule has 0 aliphatic heterocycles. The largest absolute Gasteiger partial charge is 0.467 e. The Bertz CT molecular complexity index is 687. The number of hydrogen-bond donors (Lipinski definition) is 1. The van der Waals surface area contributed by atoms with Gasteiger partial charge in [-0.3, -0.25) is 4.79 Å². The lowest BCUT2D eigenvalue weighted by atomic mass is 10.2. The zero-order valence-electron chi connectivity index (χ0n) is 10.7. The molecule has 0 unspecified atom stereocenters. The predicted octanol–water partition coefficient (Wildman–Crippen LogP) is 3.96. The molecule has 3 aromatic heterocycles. The zero-order chi connectivity index (χ0) is 13.9. The summed E-state index contributed by atoms with van der Waals surface area (Å²) >= 11 is 3.09. The number of aromatic nitrogens is 1. The second-order valence-electron chi connectivity index (χ2n) is 4.26. The molecule has 1 atom stereocenters. The molecule has 1 N–H and O–H groups in total. The summed E-state index contributed by atoms with van der Waals surface area (Å²) in [7, 11) is 0. The Labute approximate surface area is 124 Å². The van der Waals surface area contributed by atoms with Gasteiger partial charge in [0.05, 0.1) is 12.3 Å². The SMILES string of the molecule is C[C@@H](NC(=O)c1csc(-c2ccsc2)n1)c1ccco1. The Morgan fingerprint density at radius 1 is 1.40 bits per heavy atom. The fraction of sp³-hybridized carbons (Fsp3) is 0.143. The molecule has 20 heavy (non-hydrogen) atoms. The average Bonchev–Trinajstić information content (AvgIpc) is 3.19. The first kappa shape index (κ1) is 13.1. The third-order valence-corrected chi connectivity index (χ3v) is 4.40. The highest BCUT2D eigenvalue weighted by molar-refractivity contribution is 7.14. The van der Waals surface area contributed by atoms with Crippen LogP contribution in [0.2, 0.25) is 0 Å². The molecule has 0 saturated heterocycles. The van der Waals surface area contributed by atoms with Crippen molar-refractivity contribution >= 4 is 28.6 Å². The minimum Gasteiger partial charge on any atom is -0.467 e. The van der Waals surface area contributed by atoms with Crippen LogP contribution >= 0.6 is 22.7 Å². The Morgan fingerprint density at radius 3 is 3.00 bits per heavy atom. The summed E-state index contributed by atoms with van der Waals surface area (Å²) in [6.07, 6.45) is 1.59. The molecule has 0 bridgehead atoms. The van der Waals surface area contributed by atoms with Gasteiger partial charge in [0.15, 0.2) is 0 Å². The number of rotatable bonds is 4. The smallest absolute Gasteiger partial charge is 0.271 e.